The van der Waals surface area contributed by atoms with E-state index in [9.17, 15) is 18.5 Å². The van der Waals surface area contributed by atoms with Gasteiger partial charge in [0.25, 0.3) is 5.69 Å². The molecule has 0 amide bonds. The van der Waals surface area contributed by atoms with E-state index in [0.717, 1.165) is 11.6 Å². The fraction of sp³-hybridized carbons (Fsp3) is 0.250. The number of nitro benzene ring substituents is 1. The summed E-state index contributed by atoms with van der Waals surface area (Å²) < 4.78 is 26.8. The van der Waals surface area contributed by atoms with Crippen molar-refractivity contribution in [1.82, 2.24) is 4.72 Å². The van der Waals surface area contributed by atoms with E-state index in [1.54, 1.807) is 13.8 Å². The maximum absolute atomic E-state index is 12.2. The Bertz CT molecular complexity index is 821. The lowest BCUT2D eigenvalue weighted by molar-refractivity contribution is -0.388. The summed E-state index contributed by atoms with van der Waals surface area (Å²) in [4.78, 5) is 11.1. The number of nitrogens with one attached hydrogen (secondary N) is 1. The molecule has 0 saturated heterocycles. The van der Waals surface area contributed by atoms with Gasteiger partial charge in [-0.1, -0.05) is 30.3 Å². The highest BCUT2D eigenvalue weighted by molar-refractivity contribution is 7.98. The van der Waals surface area contributed by atoms with Gasteiger partial charge in [0.15, 0.2) is 0 Å². The first-order valence-electron chi connectivity index (χ1n) is 7.27. The highest BCUT2D eigenvalue weighted by atomic mass is 32.2. The first-order chi connectivity index (χ1) is 11.3. The van der Waals surface area contributed by atoms with Crippen LogP contribution in [0.15, 0.2) is 58.3 Å². The van der Waals surface area contributed by atoms with Crippen LogP contribution in [-0.4, -0.2) is 19.4 Å². The zero-order valence-corrected chi connectivity index (χ0v) is 14.9. The molecule has 0 heterocycles. The SMILES string of the molecule is CC(C)NS(=O)(=O)c1ccc(SCc2ccccc2)c([N+](=O)[O-])c1. The van der Waals surface area contributed by atoms with Crippen molar-refractivity contribution >= 4 is 27.5 Å². The predicted molar refractivity (Wildman–Crippen MR) is 94.6 cm³/mol. The van der Waals surface area contributed by atoms with Crippen LogP contribution in [0.5, 0.6) is 0 Å². The molecule has 0 fully saturated rings. The molecular formula is C16H18N2O4S2. The van der Waals surface area contributed by atoms with E-state index in [4.69, 9.17) is 0 Å². The summed E-state index contributed by atoms with van der Waals surface area (Å²) >= 11 is 1.30. The van der Waals surface area contributed by atoms with E-state index < -0.39 is 14.9 Å². The zero-order valence-electron chi connectivity index (χ0n) is 13.3. The smallest absolute Gasteiger partial charge is 0.258 e. The molecule has 128 valence electrons. The normalized spacial score (nSPS) is 11.6. The van der Waals surface area contributed by atoms with Gasteiger partial charge in [0.1, 0.15) is 0 Å². The fourth-order valence-corrected chi connectivity index (χ4v) is 4.27. The van der Waals surface area contributed by atoms with Crippen molar-refractivity contribution in [2.75, 3.05) is 0 Å². The third-order valence-electron chi connectivity index (χ3n) is 3.07. The minimum Gasteiger partial charge on any atom is -0.258 e. The van der Waals surface area contributed by atoms with Crippen LogP contribution in [0.3, 0.4) is 0 Å². The van der Waals surface area contributed by atoms with Gasteiger partial charge >= 0.3 is 0 Å². The van der Waals surface area contributed by atoms with Gasteiger partial charge in [0.2, 0.25) is 10.0 Å². The molecule has 24 heavy (non-hydrogen) atoms. The second-order valence-corrected chi connectivity index (χ2v) is 8.17. The minimum absolute atomic E-state index is 0.105. The highest BCUT2D eigenvalue weighted by Crippen LogP contribution is 2.33. The van der Waals surface area contributed by atoms with Crippen molar-refractivity contribution in [3.05, 3.63) is 64.2 Å². The van der Waals surface area contributed by atoms with Gasteiger partial charge in [-0.05, 0) is 31.5 Å². The number of benzene rings is 2. The third-order valence-corrected chi connectivity index (χ3v) is 5.86. The fourth-order valence-electron chi connectivity index (χ4n) is 2.04. The maximum Gasteiger partial charge on any atom is 0.284 e. The lowest BCUT2D eigenvalue weighted by Crippen LogP contribution is -2.30. The van der Waals surface area contributed by atoms with Crippen molar-refractivity contribution in [3.63, 3.8) is 0 Å². The van der Waals surface area contributed by atoms with Gasteiger partial charge in [0, 0.05) is 17.9 Å². The molecule has 2 aromatic rings. The van der Waals surface area contributed by atoms with Gasteiger partial charge in [-0.15, -0.1) is 11.8 Å². The summed E-state index contributed by atoms with van der Waals surface area (Å²) in [5.74, 6) is 0.567. The van der Waals surface area contributed by atoms with E-state index in [1.807, 2.05) is 30.3 Å². The number of thioether (sulfide) groups is 1. The Morgan fingerprint density at radius 3 is 2.42 bits per heavy atom. The lowest BCUT2D eigenvalue weighted by atomic mass is 10.2. The molecule has 0 aliphatic heterocycles. The Kier molecular flexibility index (Phi) is 5.98. The molecule has 2 aromatic carbocycles. The predicted octanol–water partition coefficient (Wildman–Crippen LogP) is 3.57. The molecule has 0 bridgehead atoms. The first kappa shape index (κ1) is 18.4. The molecule has 0 atom stereocenters. The van der Waals surface area contributed by atoms with Crippen LogP contribution >= 0.6 is 11.8 Å². The minimum atomic E-state index is -3.76. The van der Waals surface area contributed by atoms with Crippen LogP contribution in [0.25, 0.3) is 0 Å². The van der Waals surface area contributed by atoms with Gasteiger partial charge in [-0.25, -0.2) is 13.1 Å². The van der Waals surface area contributed by atoms with Crippen LogP contribution in [-0.2, 0) is 15.8 Å². The van der Waals surface area contributed by atoms with Crippen molar-refractivity contribution in [1.29, 1.82) is 0 Å². The van der Waals surface area contributed by atoms with Crippen molar-refractivity contribution in [2.24, 2.45) is 0 Å². The average Bonchev–Trinajstić information content (AvgIpc) is 2.52. The Morgan fingerprint density at radius 2 is 1.83 bits per heavy atom. The zero-order chi connectivity index (χ0) is 17.7. The number of rotatable bonds is 7. The Hall–Kier alpha value is -1.90. The summed E-state index contributed by atoms with van der Waals surface area (Å²) in [6.07, 6.45) is 0. The molecule has 0 radical (unpaired) electrons. The van der Waals surface area contributed by atoms with Crippen LogP contribution in [0.2, 0.25) is 0 Å². The van der Waals surface area contributed by atoms with Crippen molar-refractivity contribution in [3.8, 4) is 0 Å². The van der Waals surface area contributed by atoms with Gasteiger partial charge in [-0.3, -0.25) is 10.1 Å². The van der Waals surface area contributed by atoms with E-state index in [2.05, 4.69) is 4.72 Å². The molecule has 0 aliphatic rings. The summed E-state index contributed by atoms with van der Waals surface area (Å²) in [7, 11) is -3.76. The van der Waals surface area contributed by atoms with E-state index in [1.165, 1.54) is 23.9 Å². The topological polar surface area (TPSA) is 89.3 Å². The van der Waals surface area contributed by atoms with Crippen molar-refractivity contribution in [2.45, 2.75) is 35.4 Å². The molecule has 6 nitrogen and oxygen atoms in total. The summed E-state index contributed by atoms with van der Waals surface area (Å²) in [6, 6.07) is 13.3. The quantitative estimate of drug-likeness (QED) is 0.460. The number of nitro groups is 1. The van der Waals surface area contributed by atoms with E-state index >= 15 is 0 Å². The number of nitrogens with zero attached hydrogens (tertiary/aromatic N) is 1. The molecule has 1 N–H and O–H groups in total. The molecule has 0 spiro atoms. The monoisotopic (exact) mass is 366 g/mol. The summed E-state index contributed by atoms with van der Waals surface area (Å²) in [5, 5.41) is 11.3. The van der Waals surface area contributed by atoms with E-state index in [0.29, 0.717) is 10.6 Å². The standard InChI is InChI=1S/C16H18N2O4S2/c1-12(2)17-24(21,22)14-8-9-16(15(10-14)18(19)20)23-11-13-6-4-3-5-7-13/h3-10,12,17H,11H2,1-2H3. The largest absolute Gasteiger partial charge is 0.284 e. The Labute approximate surface area is 145 Å². The maximum atomic E-state index is 12.2. The lowest BCUT2D eigenvalue weighted by Gasteiger charge is -2.10. The van der Waals surface area contributed by atoms with Crippen LogP contribution in [0, 0.1) is 10.1 Å². The van der Waals surface area contributed by atoms with Gasteiger partial charge in [0.05, 0.1) is 14.7 Å². The molecule has 0 unspecified atom stereocenters. The van der Waals surface area contributed by atoms with Crippen LogP contribution in [0.1, 0.15) is 19.4 Å². The van der Waals surface area contributed by atoms with E-state index in [-0.39, 0.29) is 16.6 Å². The average molecular weight is 366 g/mol. The van der Waals surface area contributed by atoms with Crippen LogP contribution in [0.4, 0.5) is 5.69 Å². The Balaban J connectivity index is 2.29. The summed E-state index contributed by atoms with van der Waals surface area (Å²) in [6.45, 7) is 3.38. The van der Waals surface area contributed by atoms with Crippen molar-refractivity contribution < 1.29 is 13.3 Å². The number of sulfonamides is 1. The third kappa shape index (κ3) is 4.80. The molecule has 0 saturated carbocycles. The molecular weight excluding hydrogens is 348 g/mol. The molecule has 2 rings (SSSR count). The number of hydrogen-bond acceptors (Lipinski definition) is 5. The second-order valence-electron chi connectivity index (χ2n) is 5.44. The number of hydrogen-bond donors (Lipinski definition) is 1. The Morgan fingerprint density at radius 1 is 1.17 bits per heavy atom. The van der Waals surface area contributed by atoms with Crippen LogP contribution < -0.4 is 4.72 Å². The van der Waals surface area contributed by atoms with Gasteiger partial charge in [-0.2, -0.15) is 0 Å². The van der Waals surface area contributed by atoms with Gasteiger partial charge < -0.3 is 0 Å². The highest BCUT2D eigenvalue weighted by Gasteiger charge is 2.22. The molecule has 0 aromatic heterocycles. The second kappa shape index (κ2) is 7.78. The first-order valence-corrected chi connectivity index (χ1v) is 9.74. The molecule has 0 aliphatic carbocycles. The summed E-state index contributed by atoms with van der Waals surface area (Å²) in [5.41, 5.74) is 0.831. The molecule has 8 heteroatoms.